The number of carbonyl (C=O) groups is 1. The van der Waals surface area contributed by atoms with E-state index in [1.807, 2.05) is 36.4 Å². The van der Waals surface area contributed by atoms with E-state index in [9.17, 15) is 4.79 Å². The first kappa shape index (κ1) is 18.0. The molecule has 134 valence electrons. The van der Waals surface area contributed by atoms with E-state index in [-0.39, 0.29) is 12.3 Å². The number of likely N-dealkylation sites (tertiary alicyclic amines) is 1. The number of nitrogens with one attached hydrogen (secondary N) is 2. The van der Waals surface area contributed by atoms with Gasteiger partial charge in [-0.25, -0.2) is 0 Å². The topological polar surface area (TPSA) is 68.2 Å². The van der Waals surface area contributed by atoms with Crippen molar-refractivity contribution in [1.29, 1.82) is 5.26 Å². The molecule has 5 heteroatoms. The summed E-state index contributed by atoms with van der Waals surface area (Å²) in [6, 6.07) is 20.5. The Morgan fingerprint density at radius 1 is 1.04 bits per heavy atom. The fourth-order valence-electron chi connectivity index (χ4n) is 3.28. The second-order valence-corrected chi connectivity index (χ2v) is 6.61. The van der Waals surface area contributed by atoms with Crippen LogP contribution in [0.1, 0.15) is 24.8 Å². The molecule has 1 aliphatic heterocycles. The fraction of sp³-hybridized carbons (Fsp3) is 0.333. The highest BCUT2D eigenvalue weighted by Crippen LogP contribution is 2.25. The van der Waals surface area contributed by atoms with Crippen LogP contribution in [0.25, 0.3) is 0 Å². The molecular formula is C21H24N4O. The van der Waals surface area contributed by atoms with Crippen LogP contribution in [0, 0.1) is 11.3 Å². The minimum absolute atomic E-state index is 0.133. The van der Waals surface area contributed by atoms with Crippen molar-refractivity contribution in [2.75, 3.05) is 23.7 Å². The van der Waals surface area contributed by atoms with Crippen molar-refractivity contribution in [1.82, 2.24) is 4.90 Å². The van der Waals surface area contributed by atoms with E-state index in [2.05, 4.69) is 39.8 Å². The molecule has 2 N–H and O–H groups in total. The standard InChI is InChI=1S/C21H24N4O/c22-13-10-21(26)24-20-9-5-4-8-19(20)23-18-11-14-25(15-12-18)16-17-6-2-1-3-7-17/h1-9,18,23H,10-12,14-16H2,(H,24,26). The number of amides is 1. The van der Waals surface area contributed by atoms with E-state index in [1.165, 1.54) is 5.56 Å². The van der Waals surface area contributed by atoms with Gasteiger partial charge < -0.3 is 10.6 Å². The molecule has 0 atom stereocenters. The number of hydrogen-bond donors (Lipinski definition) is 2. The molecule has 26 heavy (non-hydrogen) atoms. The first-order valence-electron chi connectivity index (χ1n) is 9.03. The van der Waals surface area contributed by atoms with Gasteiger partial charge in [0.25, 0.3) is 0 Å². The van der Waals surface area contributed by atoms with Crippen molar-refractivity contribution < 1.29 is 4.79 Å². The zero-order valence-corrected chi connectivity index (χ0v) is 14.8. The van der Waals surface area contributed by atoms with Gasteiger partial charge in [0.2, 0.25) is 5.91 Å². The van der Waals surface area contributed by atoms with Gasteiger partial charge in [0.05, 0.1) is 17.4 Å². The highest BCUT2D eigenvalue weighted by atomic mass is 16.1. The molecule has 5 nitrogen and oxygen atoms in total. The average molecular weight is 348 g/mol. The molecule has 1 aliphatic rings. The lowest BCUT2D eigenvalue weighted by Crippen LogP contribution is -2.38. The normalized spacial score (nSPS) is 15.2. The van der Waals surface area contributed by atoms with Crippen LogP contribution in [0.3, 0.4) is 0 Å². The van der Waals surface area contributed by atoms with Gasteiger partial charge in [0, 0.05) is 25.7 Å². The second kappa shape index (κ2) is 9.02. The Kier molecular flexibility index (Phi) is 6.24. The minimum atomic E-state index is -0.278. The Balaban J connectivity index is 1.53. The summed E-state index contributed by atoms with van der Waals surface area (Å²) in [7, 11) is 0. The number of para-hydroxylation sites is 2. The van der Waals surface area contributed by atoms with Gasteiger partial charge in [-0.2, -0.15) is 5.26 Å². The van der Waals surface area contributed by atoms with Crippen LogP contribution in [-0.2, 0) is 11.3 Å². The summed E-state index contributed by atoms with van der Waals surface area (Å²) in [5, 5.41) is 15.0. The summed E-state index contributed by atoms with van der Waals surface area (Å²) >= 11 is 0. The molecule has 0 bridgehead atoms. The van der Waals surface area contributed by atoms with Crippen LogP contribution < -0.4 is 10.6 Å². The number of piperidine rings is 1. The Bertz CT molecular complexity index is 761. The summed E-state index contributed by atoms with van der Waals surface area (Å²) < 4.78 is 0. The van der Waals surface area contributed by atoms with E-state index >= 15 is 0 Å². The van der Waals surface area contributed by atoms with Crippen LogP contribution in [0.15, 0.2) is 54.6 Å². The number of hydrogen-bond acceptors (Lipinski definition) is 4. The van der Waals surface area contributed by atoms with Gasteiger partial charge in [-0.1, -0.05) is 42.5 Å². The Labute approximate surface area is 154 Å². The van der Waals surface area contributed by atoms with E-state index < -0.39 is 0 Å². The highest BCUT2D eigenvalue weighted by Gasteiger charge is 2.20. The van der Waals surface area contributed by atoms with E-state index in [0.717, 1.165) is 43.9 Å². The molecule has 0 unspecified atom stereocenters. The number of nitriles is 1. The number of anilines is 2. The molecular weight excluding hydrogens is 324 g/mol. The maximum Gasteiger partial charge on any atom is 0.238 e. The van der Waals surface area contributed by atoms with Gasteiger partial charge in [-0.15, -0.1) is 0 Å². The van der Waals surface area contributed by atoms with Crippen molar-refractivity contribution in [3.8, 4) is 6.07 Å². The third kappa shape index (κ3) is 5.08. The molecule has 0 aliphatic carbocycles. The molecule has 1 heterocycles. The molecule has 0 radical (unpaired) electrons. The van der Waals surface area contributed by atoms with Crippen molar-refractivity contribution >= 4 is 17.3 Å². The maximum atomic E-state index is 11.7. The first-order valence-corrected chi connectivity index (χ1v) is 9.03. The van der Waals surface area contributed by atoms with Gasteiger partial charge in [0.15, 0.2) is 0 Å². The summed E-state index contributed by atoms with van der Waals surface area (Å²) in [5.41, 5.74) is 3.00. The largest absolute Gasteiger partial charge is 0.381 e. The highest BCUT2D eigenvalue weighted by molar-refractivity contribution is 5.95. The SMILES string of the molecule is N#CCC(=O)Nc1ccccc1NC1CCN(Cc2ccccc2)CC1. The van der Waals surface area contributed by atoms with Crippen LogP contribution in [0.5, 0.6) is 0 Å². The van der Waals surface area contributed by atoms with E-state index in [1.54, 1.807) is 0 Å². The van der Waals surface area contributed by atoms with Crippen LogP contribution in [0.2, 0.25) is 0 Å². The molecule has 1 amide bonds. The molecule has 0 aromatic heterocycles. The molecule has 1 saturated heterocycles. The van der Waals surface area contributed by atoms with Gasteiger partial charge in [-0.3, -0.25) is 9.69 Å². The lowest BCUT2D eigenvalue weighted by atomic mass is 10.0. The summed E-state index contributed by atoms with van der Waals surface area (Å²) in [5.74, 6) is -0.278. The summed E-state index contributed by atoms with van der Waals surface area (Å²) in [4.78, 5) is 14.2. The summed E-state index contributed by atoms with van der Waals surface area (Å²) in [6.07, 6.45) is 1.99. The fourth-order valence-corrected chi connectivity index (χ4v) is 3.28. The average Bonchev–Trinajstić information content (AvgIpc) is 2.66. The zero-order valence-electron chi connectivity index (χ0n) is 14.8. The van der Waals surface area contributed by atoms with Crippen molar-refractivity contribution in [3.05, 3.63) is 60.2 Å². The number of rotatable bonds is 6. The predicted octanol–water partition coefficient (Wildman–Crippen LogP) is 3.62. The first-order chi connectivity index (χ1) is 12.7. The molecule has 0 spiro atoms. The number of nitrogens with zero attached hydrogens (tertiary/aromatic N) is 2. The van der Waals surface area contributed by atoms with Crippen molar-refractivity contribution in [2.45, 2.75) is 31.8 Å². The van der Waals surface area contributed by atoms with E-state index in [4.69, 9.17) is 5.26 Å². The number of benzene rings is 2. The molecule has 3 rings (SSSR count). The minimum Gasteiger partial charge on any atom is -0.381 e. The smallest absolute Gasteiger partial charge is 0.238 e. The Morgan fingerprint density at radius 2 is 1.69 bits per heavy atom. The van der Waals surface area contributed by atoms with E-state index in [0.29, 0.717) is 6.04 Å². The Morgan fingerprint density at radius 3 is 2.38 bits per heavy atom. The predicted molar refractivity (Wildman–Crippen MR) is 104 cm³/mol. The Hall–Kier alpha value is -2.84. The van der Waals surface area contributed by atoms with Gasteiger partial charge in [-0.05, 0) is 30.5 Å². The zero-order chi connectivity index (χ0) is 18.2. The van der Waals surface area contributed by atoms with Crippen LogP contribution >= 0.6 is 0 Å². The quantitative estimate of drug-likeness (QED) is 0.837. The van der Waals surface area contributed by atoms with Crippen LogP contribution in [-0.4, -0.2) is 29.9 Å². The van der Waals surface area contributed by atoms with Gasteiger partial charge >= 0.3 is 0 Å². The third-order valence-corrected chi connectivity index (χ3v) is 4.64. The number of carbonyl (C=O) groups excluding carboxylic acids is 1. The van der Waals surface area contributed by atoms with Crippen molar-refractivity contribution in [2.24, 2.45) is 0 Å². The van der Waals surface area contributed by atoms with Gasteiger partial charge in [0.1, 0.15) is 6.42 Å². The second-order valence-electron chi connectivity index (χ2n) is 6.61. The lowest BCUT2D eigenvalue weighted by Gasteiger charge is -2.33. The molecule has 1 fully saturated rings. The maximum absolute atomic E-state index is 11.7. The third-order valence-electron chi connectivity index (χ3n) is 4.64. The molecule has 0 saturated carbocycles. The summed E-state index contributed by atoms with van der Waals surface area (Å²) in [6.45, 7) is 3.10. The van der Waals surface area contributed by atoms with Crippen LogP contribution in [0.4, 0.5) is 11.4 Å². The lowest BCUT2D eigenvalue weighted by molar-refractivity contribution is -0.115. The molecule has 2 aromatic carbocycles. The monoisotopic (exact) mass is 348 g/mol. The van der Waals surface area contributed by atoms with Crippen molar-refractivity contribution in [3.63, 3.8) is 0 Å². The molecule has 2 aromatic rings.